The van der Waals surface area contributed by atoms with Gasteiger partial charge < -0.3 is 10.1 Å². The number of hydrogen-bond donors (Lipinski definition) is 1. The summed E-state index contributed by atoms with van der Waals surface area (Å²) >= 11 is 0. The molecule has 1 N–H and O–H groups in total. The first-order chi connectivity index (χ1) is 8.54. The number of halogens is 1. The quantitative estimate of drug-likeness (QED) is 0.862. The van der Waals surface area contributed by atoms with Gasteiger partial charge in [-0.05, 0) is 42.9 Å². The highest BCUT2D eigenvalue weighted by atomic mass is 19.1. The van der Waals surface area contributed by atoms with Crippen LogP contribution in [-0.2, 0) is 0 Å². The Bertz CT molecular complexity index is 415. The zero-order valence-electron chi connectivity index (χ0n) is 11.4. The summed E-state index contributed by atoms with van der Waals surface area (Å²) in [6.07, 6.45) is 3.95. The second kappa shape index (κ2) is 5.27. The summed E-state index contributed by atoms with van der Waals surface area (Å²) in [4.78, 5) is 0. The molecule has 0 aliphatic heterocycles. The Morgan fingerprint density at radius 3 is 2.72 bits per heavy atom. The van der Waals surface area contributed by atoms with E-state index in [0.717, 1.165) is 12.1 Å². The van der Waals surface area contributed by atoms with Gasteiger partial charge in [0.2, 0.25) is 0 Å². The molecule has 0 radical (unpaired) electrons. The molecule has 0 saturated heterocycles. The van der Waals surface area contributed by atoms with Crippen molar-refractivity contribution in [3.63, 3.8) is 0 Å². The summed E-state index contributed by atoms with van der Waals surface area (Å²) in [6.45, 7) is 5.45. The molecule has 1 atom stereocenters. The Morgan fingerprint density at radius 1 is 1.44 bits per heavy atom. The van der Waals surface area contributed by atoms with Crippen LogP contribution in [0.4, 0.5) is 4.39 Å². The predicted molar refractivity (Wildman–Crippen MR) is 71.3 cm³/mol. The van der Waals surface area contributed by atoms with Crippen molar-refractivity contribution in [2.24, 2.45) is 5.41 Å². The normalized spacial score (nSPS) is 19.1. The molecule has 0 spiro atoms. The molecule has 1 aliphatic carbocycles. The first-order valence-electron chi connectivity index (χ1n) is 6.61. The van der Waals surface area contributed by atoms with Crippen molar-refractivity contribution in [2.75, 3.05) is 13.7 Å². The van der Waals surface area contributed by atoms with Gasteiger partial charge in [0.1, 0.15) is 0 Å². The average Bonchev–Trinajstić information content (AvgIpc) is 2.34. The SMILES string of the molecule is COc1cc(C(C)NCC2(C)CCC2)ccc1F. The molecule has 3 heteroatoms. The summed E-state index contributed by atoms with van der Waals surface area (Å²) in [5.41, 5.74) is 1.52. The third kappa shape index (κ3) is 2.83. The third-order valence-electron chi connectivity index (χ3n) is 4.07. The topological polar surface area (TPSA) is 21.3 Å². The van der Waals surface area contributed by atoms with Gasteiger partial charge in [0, 0.05) is 12.6 Å². The Kier molecular flexibility index (Phi) is 3.91. The van der Waals surface area contributed by atoms with Gasteiger partial charge >= 0.3 is 0 Å². The molecule has 2 nitrogen and oxygen atoms in total. The standard InChI is InChI=1S/C15H22FNO/c1-11(17-10-15(2)7-4-8-15)12-5-6-13(16)14(9-12)18-3/h5-6,9,11,17H,4,7-8,10H2,1-3H3. The molecule has 1 aromatic carbocycles. The lowest BCUT2D eigenvalue weighted by Crippen LogP contribution is -2.38. The molecule has 0 amide bonds. The Morgan fingerprint density at radius 2 is 2.17 bits per heavy atom. The van der Waals surface area contributed by atoms with Crippen molar-refractivity contribution in [1.82, 2.24) is 5.32 Å². The molecule has 1 unspecified atom stereocenters. The zero-order valence-corrected chi connectivity index (χ0v) is 11.4. The molecule has 100 valence electrons. The largest absolute Gasteiger partial charge is 0.494 e. The van der Waals surface area contributed by atoms with Crippen LogP contribution in [0.1, 0.15) is 44.7 Å². The average molecular weight is 251 g/mol. The van der Waals surface area contributed by atoms with Crippen LogP contribution in [0.5, 0.6) is 5.75 Å². The van der Waals surface area contributed by atoms with Crippen LogP contribution < -0.4 is 10.1 Å². The molecule has 0 heterocycles. The van der Waals surface area contributed by atoms with Gasteiger partial charge in [-0.3, -0.25) is 0 Å². The highest BCUT2D eigenvalue weighted by Crippen LogP contribution is 2.39. The minimum atomic E-state index is -0.306. The second-order valence-electron chi connectivity index (χ2n) is 5.66. The van der Waals surface area contributed by atoms with E-state index >= 15 is 0 Å². The van der Waals surface area contributed by atoms with Gasteiger partial charge in [0.25, 0.3) is 0 Å². The Hall–Kier alpha value is -1.09. The molecule has 2 rings (SSSR count). The number of rotatable bonds is 5. The van der Waals surface area contributed by atoms with E-state index in [1.165, 1.54) is 32.4 Å². The zero-order chi connectivity index (χ0) is 13.2. The van der Waals surface area contributed by atoms with Crippen LogP contribution in [0.3, 0.4) is 0 Å². The molecule has 1 aromatic rings. The van der Waals surface area contributed by atoms with Crippen LogP contribution in [0, 0.1) is 11.2 Å². The summed E-state index contributed by atoms with van der Waals surface area (Å²) in [7, 11) is 1.50. The van der Waals surface area contributed by atoms with E-state index < -0.39 is 0 Å². The molecular formula is C15H22FNO. The molecule has 0 bridgehead atoms. The number of methoxy groups -OCH3 is 1. The minimum absolute atomic E-state index is 0.219. The molecule has 1 fully saturated rings. The van der Waals surface area contributed by atoms with Crippen LogP contribution in [0.2, 0.25) is 0 Å². The number of hydrogen-bond acceptors (Lipinski definition) is 2. The Balaban J connectivity index is 1.97. The first kappa shape index (κ1) is 13.3. The van der Waals surface area contributed by atoms with E-state index in [-0.39, 0.29) is 11.9 Å². The van der Waals surface area contributed by atoms with E-state index in [0.29, 0.717) is 11.2 Å². The van der Waals surface area contributed by atoms with Crippen molar-refractivity contribution < 1.29 is 9.13 Å². The van der Waals surface area contributed by atoms with Gasteiger partial charge in [0.15, 0.2) is 11.6 Å². The molecule has 18 heavy (non-hydrogen) atoms. The second-order valence-corrected chi connectivity index (χ2v) is 5.66. The number of nitrogens with one attached hydrogen (secondary N) is 1. The molecular weight excluding hydrogens is 229 g/mol. The van der Waals surface area contributed by atoms with Crippen LogP contribution in [0.15, 0.2) is 18.2 Å². The summed E-state index contributed by atoms with van der Waals surface area (Å²) in [6, 6.07) is 5.28. The Labute approximate surface area is 109 Å². The van der Waals surface area contributed by atoms with Gasteiger partial charge in [-0.2, -0.15) is 0 Å². The van der Waals surface area contributed by atoms with E-state index in [4.69, 9.17) is 4.74 Å². The van der Waals surface area contributed by atoms with Gasteiger partial charge in [-0.15, -0.1) is 0 Å². The number of benzene rings is 1. The maximum atomic E-state index is 13.3. The summed E-state index contributed by atoms with van der Waals surface area (Å²) in [5.74, 6) is 0.00964. The highest BCUT2D eigenvalue weighted by Gasteiger charge is 2.31. The van der Waals surface area contributed by atoms with E-state index in [1.54, 1.807) is 6.07 Å². The lowest BCUT2D eigenvalue weighted by Gasteiger charge is -2.39. The van der Waals surface area contributed by atoms with Gasteiger partial charge in [-0.25, -0.2) is 4.39 Å². The fraction of sp³-hybridized carbons (Fsp3) is 0.600. The predicted octanol–water partition coefficient (Wildman–Crippen LogP) is 3.68. The van der Waals surface area contributed by atoms with Crippen molar-refractivity contribution in [1.29, 1.82) is 0 Å². The van der Waals surface area contributed by atoms with Crippen molar-refractivity contribution >= 4 is 0 Å². The van der Waals surface area contributed by atoms with Gasteiger partial charge in [-0.1, -0.05) is 19.4 Å². The van der Waals surface area contributed by atoms with E-state index in [9.17, 15) is 4.39 Å². The first-order valence-corrected chi connectivity index (χ1v) is 6.61. The molecule has 1 aliphatic rings. The third-order valence-corrected chi connectivity index (χ3v) is 4.07. The summed E-state index contributed by atoms with van der Waals surface area (Å²) in [5, 5.41) is 3.53. The van der Waals surface area contributed by atoms with Crippen molar-refractivity contribution in [2.45, 2.75) is 39.2 Å². The maximum absolute atomic E-state index is 13.3. The number of ether oxygens (including phenoxy) is 1. The molecule has 0 aromatic heterocycles. The van der Waals surface area contributed by atoms with E-state index in [1.807, 2.05) is 6.07 Å². The minimum Gasteiger partial charge on any atom is -0.494 e. The lowest BCUT2D eigenvalue weighted by molar-refractivity contribution is 0.152. The van der Waals surface area contributed by atoms with Crippen LogP contribution in [0.25, 0.3) is 0 Å². The maximum Gasteiger partial charge on any atom is 0.165 e. The van der Waals surface area contributed by atoms with Gasteiger partial charge in [0.05, 0.1) is 7.11 Å². The van der Waals surface area contributed by atoms with Crippen LogP contribution in [-0.4, -0.2) is 13.7 Å². The fourth-order valence-corrected chi connectivity index (χ4v) is 2.42. The highest BCUT2D eigenvalue weighted by molar-refractivity contribution is 5.31. The van der Waals surface area contributed by atoms with Crippen molar-refractivity contribution in [3.8, 4) is 5.75 Å². The fourth-order valence-electron chi connectivity index (χ4n) is 2.42. The molecule has 1 saturated carbocycles. The van der Waals surface area contributed by atoms with Crippen LogP contribution >= 0.6 is 0 Å². The summed E-state index contributed by atoms with van der Waals surface area (Å²) < 4.78 is 18.3. The monoisotopic (exact) mass is 251 g/mol. The lowest BCUT2D eigenvalue weighted by atomic mass is 9.70. The van der Waals surface area contributed by atoms with Crippen molar-refractivity contribution in [3.05, 3.63) is 29.6 Å². The van der Waals surface area contributed by atoms with E-state index in [2.05, 4.69) is 19.2 Å². The smallest absolute Gasteiger partial charge is 0.165 e.